The first-order valence-corrected chi connectivity index (χ1v) is 10.9. The predicted molar refractivity (Wildman–Crippen MR) is 122 cm³/mol. The van der Waals surface area contributed by atoms with Gasteiger partial charge in [-0.05, 0) is 20.8 Å². The summed E-state index contributed by atoms with van der Waals surface area (Å²) in [5.74, 6) is 0.463. The van der Waals surface area contributed by atoms with Gasteiger partial charge in [0.1, 0.15) is 12.0 Å². The number of aliphatic imine (C=N–C) groups is 1. The first kappa shape index (κ1) is 25.6. The molecule has 0 bridgehead atoms. The fourth-order valence-electron chi connectivity index (χ4n) is 2.88. The molecule has 1 aliphatic heterocycles. The Morgan fingerprint density at radius 3 is 2.45 bits per heavy atom. The van der Waals surface area contributed by atoms with Crippen LogP contribution in [0, 0.1) is 5.41 Å². The van der Waals surface area contributed by atoms with E-state index < -0.39 is 15.4 Å². The van der Waals surface area contributed by atoms with Crippen LogP contribution in [0.1, 0.15) is 26.5 Å². The van der Waals surface area contributed by atoms with Gasteiger partial charge < -0.3 is 20.1 Å². The number of amides is 1. The lowest BCUT2D eigenvalue weighted by Gasteiger charge is -2.36. The lowest BCUT2D eigenvalue weighted by Crippen LogP contribution is -2.55. The van der Waals surface area contributed by atoms with E-state index in [2.05, 4.69) is 20.8 Å². The van der Waals surface area contributed by atoms with Gasteiger partial charge in [0.05, 0.1) is 11.1 Å². The Morgan fingerprint density at radius 2 is 1.93 bits per heavy atom. The predicted octanol–water partition coefficient (Wildman–Crippen LogP) is 0.478. The summed E-state index contributed by atoms with van der Waals surface area (Å²) in [7, 11) is -1.77. The first-order valence-electron chi connectivity index (χ1n) is 9.30. The normalized spacial score (nSPS) is 16.3. The fraction of sp³-hybridized carbons (Fsp3) is 0.706. The second kappa shape index (κ2) is 11.1. The Kier molecular flexibility index (Phi) is 9.82. The van der Waals surface area contributed by atoms with Crippen LogP contribution in [-0.4, -0.2) is 81.0 Å². The third-order valence-corrected chi connectivity index (χ3v) is 6.42. The van der Waals surface area contributed by atoms with Crippen molar-refractivity contribution in [1.82, 2.24) is 25.0 Å². The fourth-order valence-corrected chi connectivity index (χ4v) is 4.31. The highest BCUT2D eigenvalue weighted by Crippen LogP contribution is 2.15. The molecule has 0 radical (unpaired) electrons. The topological polar surface area (TPSA) is 120 Å². The van der Waals surface area contributed by atoms with Crippen LogP contribution in [0.15, 0.2) is 21.8 Å². The van der Waals surface area contributed by atoms with E-state index in [0.717, 1.165) is 0 Å². The van der Waals surface area contributed by atoms with E-state index >= 15 is 0 Å². The number of carbonyl (C=O) groups is 1. The Morgan fingerprint density at radius 1 is 1.28 bits per heavy atom. The average Bonchev–Trinajstić information content (AvgIpc) is 3.15. The SMILES string of the molecule is CCNC(=O)C(C)(C)CNC(=NC)N1CCN(S(=O)(=O)Cc2ccon2)CC1.I. The zero-order valence-electron chi connectivity index (χ0n) is 17.3. The second-order valence-electron chi connectivity index (χ2n) is 7.28. The number of nitrogens with one attached hydrogen (secondary N) is 2. The van der Waals surface area contributed by atoms with Gasteiger partial charge in [0, 0.05) is 52.4 Å². The van der Waals surface area contributed by atoms with Crippen molar-refractivity contribution in [2.24, 2.45) is 10.4 Å². The summed E-state index contributed by atoms with van der Waals surface area (Å²) in [6, 6.07) is 1.55. The van der Waals surface area contributed by atoms with E-state index in [1.807, 2.05) is 25.7 Å². The first-order chi connectivity index (χ1) is 13.2. The third-order valence-electron chi connectivity index (χ3n) is 4.61. The summed E-state index contributed by atoms with van der Waals surface area (Å²) in [6.07, 6.45) is 1.36. The van der Waals surface area contributed by atoms with Crippen molar-refractivity contribution in [3.8, 4) is 0 Å². The van der Waals surface area contributed by atoms with Crippen molar-refractivity contribution in [2.75, 3.05) is 46.3 Å². The molecule has 0 aromatic carbocycles. The van der Waals surface area contributed by atoms with Crippen LogP contribution in [-0.2, 0) is 20.6 Å². The number of halogens is 1. The van der Waals surface area contributed by atoms with E-state index in [9.17, 15) is 13.2 Å². The minimum absolute atomic E-state index is 0. The monoisotopic (exact) mass is 542 g/mol. The Bertz CT molecular complexity index is 774. The molecule has 1 fully saturated rings. The number of hydrogen-bond acceptors (Lipinski definition) is 6. The summed E-state index contributed by atoms with van der Waals surface area (Å²) in [5, 5.41) is 9.74. The summed E-state index contributed by atoms with van der Waals surface area (Å²) in [5.41, 5.74) is -0.193. The molecule has 0 unspecified atom stereocenters. The maximum atomic E-state index is 12.5. The van der Waals surface area contributed by atoms with Crippen LogP contribution in [0.3, 0.4) is 0 Å². The van der Waals surface area contributed by atoms with E-state index in [-0.39, 0.29) is 35.6 Å². The van der Waals surface area contributed by atoms with Crippen molar-refractivity contribution in [3.05, 3.63) is 18.0 Å². The molecule has 1 saturated heterocycles. The van der Waals surface area contributed by atoms with Crippen molar-refractivity contribution in [1.29, 1.82) is 0 Å². The van der Waals surface area contributed by atoms with Crippen LogP contribution in [0.5, 0.6) is 0 Å². The standard InChI is InChI=1S/C17H30N6O4S.HI/c1-5-19-15(24)17(2,3)13-20-16(18-4)22-7-9-23(10-8-22)28(25,26)12-14-6-11-27-21-14;/h6,11H,5,7-10,12-13H2,1-4H3,(H,18,20)(H,19,24);1H. The zero-order chi connectivity index (χ0) is 20.8. The Balaban J connectivity index is 0.00000420. The smallest absolute Gasteiger partial charge is 0.227 e. The van der Waals surface area contributed by atoms with Gasteiger partial charge in [0.2, 0.25) is 15.9 Å². The number of aromatic nitrogens is 1. The van der Waals surface area contributed by atoms with Gasteiger partial charge in [0.25, 0.3) is 0 Å². The maximum absolute atomic E-state index is 12.5. The molecule has 1 aromatic heterocycles. The van der Waals surface area contributed by atoms with Crippen LogP contribution in [0.2, 0.25) is 0 Å². The molecule has 0 saturated carbocycles. The largest absolute Gasteiger partial charge is 0.364 e. The highest BCUT2D eigenvalue weighted by atomic mass is 127. The Hall–Kier alpha value is -1.41. The molecule has 0 aliphatic carbocycles. The summed E-state index contributed by atoms with van der Waals surface area (Å²) >= 11 is 0. The molecule has 0 atom stereocenters. The third kappa shape index (κ3) is 7.10. The Labute approximate surface area is 189 Å². The van der Waals surface area contributed by atoms with Crippen LogP contribution in [0.4, 0.5) is 0 Å². The number of carbonyl (C=O) groups excluding carboxylic acids is 1. The van der Waals surface area contributed by atoms with Gasteiger partial charge in [-0.2, -0.15) is 4.31 Å². The molecule has 10 nitrogen and oxygen atoms in total. The van der Waals surface area contributed by atoms with E-state index in [1.54, 1.807) is 13.1 Å². The summed E-state index contributed by atoms with van der Waals surface area (Å²) < 4.78 is 31.2. The number of rotatable bonds is 7. The molecule has 2 rings (SSSR count). The zero-order valence-corrected chi connectivity index (χ0v) is 20.5. The van der Waals surface area contributed by atoms with E-state index in [4.69, 9.17) is 4.52 Å². The minimum atomic E-state index is -3.44. The summed E-state index contributed by atoms with van der Waals surface area (Å²) in [6.45, 7) is 8.38. The van der Waals surface area contributed by atoms with Crippen LogP contribution >= 0.6 is 24.0 Å². The molecular formula is C17H31IN6O4S. The van der Waals surface area contributed by atoms with Crippen molar-refractivity contribution in [3.63, 3.8) is 0 Å². The number of sulfonamides is 1. The van der Waals surface area contributed by atoms with Crippen LogP contribution in [0.25, 0.3) is 0 Å². The number of hydrogen-bond donors (Lipinski definition) is 2. The quantitative estimate of drug-likeness (QED) is 0.292. The molecule has 1 aliphatic rings. The van der Waals surface area contributed by atoms with E-state index in [1.165, 1.54) is 10.6 Å². The number of guanidine groups is 1. The van der Waals surface area contributed by atoms with Crippen molar-refractivity contribution >= 4 is 45.9 Å². The molecule has 1 aromatic rings. The van der Waals surface area contributed by atoms with Crippen LogP contribution < -0.4 is 10.6 Å². The van der Waals surface area contributed by atoms with Crippen molar-refractivity contribution in [2.45, 2.75) is 26.5 Å². The van der Waals surface area contributed by atoms with Gasteiger partial charge in [-0.15, -0.1) is 24.0 Å². The number of nitrogens with zero attached hydrogens (tertiary/aromatic N) is 4. The highest BCUT2D eigenvalue weighted by molar-refractivity contribution is 14.0. The number of piperazine rings is 1. The highest BCUT2D eigenvalue weighted by Gasteiger charge is 2.31. The van der Waals surface area contributed by atoms with Crippen molar-refractivity contribution < 1.29 is 17.7 Å². The molecule has 2 heterocycles. The maximum Gasteiger partial charge on any atom is 0.227 e. The van der Waals surface area contributed by atoms with Gasteiger partial charge in [-0.3, -0.25) is 9.79 Å². The minimum Gasteiger partial charge on any atom is -0.364 e. The molecule has 166 valence electrons. The second-order valence-corrected chi connectivity index (χ2v) is 9.25. The molecule has 29 heavy (non-hydrogen) atoms. The molecular weight excluding hydrogens is 511 g/mol. The van der Waals surface area contributed by atoms with Gasteiger partial charge in [0.15, 0.2) is 5.96 Å². The average molecular weight is 542 g/mol. The van der Waals surface area contributed by atoms with Gasteiger partial charge in [-0.25, -0.2) is 8.42 Å². The van der Waals surface area contributed by atoms with Gasteiger partial charge in [-0.1, -0.05) is 5.16 Å². The van der Waals surface area contributed by atoms with Gasteiger partial charge >= 0.3 is 0 Å². The summed E-state index contributed by atoms with van der Waals surface area (Å²) in [4.78, 5) is 18.4. The molecule has 0 spiro atoms. The molecule has 12 heteroatoms. The lowest BCUT2D eigenvalue weighted by atomic mass is 9.92. The lowest BCUT2D eigenvalue weighted by molar-refractivity contribution is -0.128. The molecule has 2 N–H and O–H groups in total. The molecule has 1 amide bonds. The van der Waals surface area contributed by atoms with E-state index in [0.29, 0.717) is 50.9 Å².